The Hall–Kier alpha value is -3.65. The second-order valence-corrected chi connectivity index (χ2v) is 8.65. The topological polar surface area (TPSA) is 17.0 Å². The maximum absolute atomic E-state index is 6.42. The van der Waals surface area contributed by atoms with Crippen molar-refractivity contribution in [2.75, 3.05) is 0 Å². The van der Waals surface area contributed by atoms with Crippen LogP contribution in [0.5, 0.6) is 0 Å². The van der Waals surface area contributed by atoms with Crippen molar-refractivity contribution in [3.8, 4) is 11.3 Å². The van der Waals surface area contributed by atoms with Crippen LogP contribution < -0.4 is 4.57 Å². The molecule has 0 atom stereocenters. The van der Waals surface area contributed by atoms with Gasteiger partial charge in [-0.05, 0) is 66.9 Å². The summed E-state index contributed by atoms with van der Waals surface area (Å²) in [5.41, 5.74) is 9.40. The molecule has 0 aliphatic carbocycles. The molecule has 0 saturated carbocycles. The van der Waals surface area contributed by atoms with E-state index in [9.17, 15) is 0 Å². The van der Waals surface area contributed by atoms with Crippen molar-refractivity contribution in [2.24, 2.45) is 7.05 Å². The molecule has 2 nitrogen and oxygen atoms in total. The number of rotatable bonds is 1. The Kier molecular flexibility index (Phi) is 3.76. The van der Waals surface area contributed by atoms with Gasteiger partial charge in [0.25, 0.3) is 0 Å². The molecule has 0 saturated heterocycles. The van der Waals surface area contributed by atoms with Gasteiger partial charge in [-0.3, -0.25) is 0 Å². The largest absolute Gasteiger partial charge is 0.456 e. The number of hydrogen-bond acceptors (Lipinski definition) is 1. The lowest BCUT2D eigenvalue weighted by atomic mass is 9.97. The molecular weight excluding hydrogens is 378 g/mol. The Morgan fingerprint density at radius 3 is 2.29 bits per heavy atom. The number of benzene rings is 4. The summed E-state index contributed by atoms with van der Waals surface area (Å²) in [6, 6.07) is 26.2. The first-order valence-corrected chi connectivity index (χ1v) is 10.8. The molecule has 6 rings (SSSR count). The lowest BCUT2D eigenvalue weighted by molar-refractivity contribution is -0.633. The van der Waals surface area contributed by atoms with Crippen LogP contribution in [0.3, 0.4) is 0 Å². The van der Waals surface area contributed by atoms with Crippen LogP contribution in [0.15, 0.2) is 77.2 Å². The number of aryl methyl sites for hydroxylation is 4. The highest BCUT2D eigenvalue weighted by Crippen LogP contribution is 2.37. The van der Waals surface area contributed by atoms with Crippen LogP contribution in [-0.2, 0) is 7.05 Å². The number of hydrogen-bond donors (Lipinski definition) is 0. The molecule has 0 aliphatic heterocycles. The van der Waals surface area contributed by atoms with E-state index >= 15 is 0 Å². The lowest BCUT2D eigenvalue weighted by Gasteiger charge is -2.10. The highest BCUT2D eigenvalue weighted by Gasteiger charge is 2.21. The number of fused-ring (bicyclic) bond motifs is 5. The van der Waals surface area contributed by atoms with Gasteiger partial charge in [-0.1, -0.05) is 36.4 Å². The molecule has 0 fully saturated rings. The van der Waals surface area contributed by atoms with Crippen molar-refractivity contribution < 1.29 is 8.98 Å². The molecule has 31 heavy (non-hydrogen) atoms. The van der Waals surface area contributed by atoms with Gasteiger partial charge >= 0.3 is 0 Å². The molecule has 0 bridgehead atoms. The van der Waals surface area contributed by atoms with E-state index in [1.807, 2.05) is 0 Å². The fourth-order valence-electron chi connectivity index (χ4n) is 5.14. The summed E-state index contributed by atoms with van der Waals surface area (Å²) in [7, 11) is 2.16. The first-order valence-electron chi connectivity index (χ1n) is 10.8. The molecule has 6 aromatic rings. The molecular formula is C29H24NO+. The molecule has 4 aromatic carbocycles. The zero-order chi connectivity index (χ0) is 21.3. The minimum atomic E-state index is 0.948. The summed E-state index contributed by atoms with van der Waals surface area (Å²) in [6.07, 6.45) is 0. The summed E-state index contributed by atoms with van der Waals surface area (Å²) in [5.74, 6) is 0. The van der Waals surface area contributed by atoms with E-state index in [-0.39, 0.29) is 0 Å². The SMILES string of the molecule is Cc1c(-c2cc(C)c3c(C)cccc3[n+]2C)ccc2c1oc1cc3ccccc3cc12. The van der Waals surface area contributed by atoms with Gasteiger partial charge in [-0.15, -0.1) is 0 Å². The first-order chi connectivity index (χ1) is 15.0. The van der Waals surface area contributed by atoms with Crippen LogP contribution in [0.1, 0.15) is 16.7 Å². The van der Waals surface area contributed by atoms with E-state index in [1.165, 1.54) is 60.4 Å². The number of pyridine rings is 1. The number of furan rings is 1. The predicted molar refractivity (Wildman–Crippen MR) is 130 cm³/mol. The zero-order valence-corrected chi connectivity index (χ0v) is 18.3. The van der Waals surface area contributed by atoms with Crippen LogP contribution in [0.4, 0.5) is 0 Å². The normalized spacial score (nSPS) is 11.9. The van der Waals surface area contributed by atoms with E-state index in [0.29, 0.717) is 0 Å². The van der Waals surface area contributed by atoms with Crippen LogP contribution in [-0.4, -0.2) is 0 Å². The average molecular weight is 403 g/mol. The molecule has 2 aromatic heterocycles. The second kappa shape index (κ2) is 6.42. The van der Waals surface area contributed by atoms with Crippen LogP contribution in [0, 0.1) is 20.8 Å². The summed E-state index contributed by atoms with van der Waals surface area (Å²) in [6.45, 7) is 6.57. The minimum absolute atomic E-state index is 0.948. The fourth-order valence-corrected chi connectivity index (χ4v) is 5.14. The zero-order valence-electron chi connectivity index (χ0n) is 18.3. The van der Waals surface area contributed by atoms with Gasteiger partial charge in [0, 0.05) is 28.5 Å². The number of nitrogens with zero attached hydrogens (tertiary/aromatic N) is 1. The van der Waals surface area contributed by atoms with E-state index < -0.39 is 0 Å². The van der Waals surface area contributed by atoms with Crippen LogP contribution in [0.2, 0.25) is 0 Å². The summed E-state index contributed by atoms with van der Waals surface area (Å²) < 4.78 is 8.73. The maximum atomic E-state index is 6.42. The molecule has 0 aliphatic rings. The van der Waals surface area contributed by atoms with Gasteiger partial charge in [-0.2, -0.15) is 4.57 Å². The van der Waals surface area contributed by atoms with Crippen molar-refractivity contribution in [1.29, 1.82) is 0 Å². The molecule has 0 radical (unpaired) electrons. The van der Waals surface area contributed by atoms with Gasteiger partial charge < -0.3 is 4.42 Å². The third kappa shape index (κ3) is 2.55. The average Bonchev–Trinajstić information content (AvgIpc) is 3.13. The molecule has 2 heterocycles. The van der Waals surface area contributed by atoms with Gasteiger partial charge in [-0.25, -0.2) is 0 Å². The van der Waals surface area contributed by atoms with Crippen LogP contribution in [0.25, 0.3) is 54.9 Å². The van der Waals surface area contributed by atoms with E-state index in [4.69, 9.17) is 4.42 Å². The predicted octanol–water partition coefficient (Wildman–Crippen LogP) is 7.31. The highest BCUT2D eigenvalue weighted by molar-refractivity contribution is 6.11. The highest BCUT2D eigenvalue weighted by atomic mass is 16.3. The van der Waals surface area contributed by atoms with Crippen molar-refractivity contribution in [3.63, 3.8) is 0 Å². The smallest absolute Gasteiger partial charge is 0.213 e. The van der Waals surface area contributed by atoms with Gasteiger partial charge in [0.15, 0.2) is 0 Å². The molecule has 0 spiro atoms. The Labute approximate surface area is 181 Å². The monoisotopic (exact) mass is 402 g/mol. The third-order valence-electron chi connectivity index (χ3n) is 6.75. The summed E-state index contributed by atoms with van der Waals surface area (Å²) >= 11 is 0. The van der Waals surface area contributed by atoms with Crippen molar-refractivity contribution in [1.82, 2.24) is 0 Å². The minimum Gasteiger partial charge on any atom is -0.456 e. The quantitative estimate of drug-likeness (QED) is 0.264. The van der Waals surface area contributed by atoms with Crippen molar-refractivity contribution >= 4 is 43.6 Å². The lowest BCUT2D eigenvalue weighted by Crippen LogP contribution is -2.32. The van der Waals surface area contributed by atoms with Crippen molar-refractivity contribution in [2.45, 2.75) is 20.8 Å². The van der Waals surface area contributed by atoms with Crippen LogP contribution >= 0.6 is 0 Å². The Balaban J connectivity index is 1.65. The maximum Gasteiger partial charge on any atom is 0.213 e. The van der Waals surface area contributed by atoms with Gasteiger partial charge in [0.05, 0.1) is 10.9 Å². The fraction of sp³-hybridized carbons (Fsp3) is 0.138. The van der Waals surface area contributed by atoms with Crippen molar-refractivity contribution in [3.05, 3.63) is 89.5 Å². The van der Waals surface area contributed by atoms with Gasteiger partial charge in [0.1, 0.15) is 18.2 Å². The summed E-state index contributed by atoms with van der Waals surface area (Å²) in [5, 5.41) is 6.14. The molecule has 0 amide bonds. The Morgan fingerprint density at radius 1 is 0.710 bits per heavy atom. The van der Waals surface area contributed by atoms with Gasteiger partial charge in [0.2, 0.25) is 11.2 Å². The molecule has 0 unspecified atom stereocenters. The molecule has 150 valence electrons. The number of aromatic nitrogens is 1. The third-order valence-corrected chi connectivity index (χ3v) is 6.75. The summed E-state index contributed by atoms with van der Waals surface area (Å²) in [4.78, 5) is 0. The Morgan fingerprint density at radius 2 is 1.48 bits per heavy atom. The Bertz CT molecular complexity index is 1670. The standard InChI is InChI=1S/C29H24NO/c1-17-8-7-11-25-28(17)18(2)14-26(30(25)4)22-12-13-23-24-15-20-9-5-6-10-21(20)16-27(24)31-29(23)19(22)3/h5-16H,1-4H3/q+1. The molecule has 0 N–H and O–H groups in total. The van der Waals surface area contributed by atoms with E-state index in [0.717, 1.165) is 11.2 Å². The molecule has 2 heteroatoms. The first kappa shape index (κ1) is 18.1. The van der Waals surface area contributed by atoms with E-state index in [1.54, 1.807) is 0 Å². The van der Waals surface area contributed by atoms with E-state index in [2.05, 4.69) is 105 Å². The second-order valence-electron chi connectivity index (χ2n) is 8.65.